The Balaban J connectivity index is 1.61. The number of para-hydroxylation sites is 2. The molecule has 1 aromatic rings. The molecular weight excluding hydrogens is 402 g/mol. The summed E-state index contributed by atoms with van der Waals surface area (Å²) in [6, 6.07) is 7.98. The second-order valence-corrected chi connectivity index (χ2v) is 8.81. The van der Waals surface area contributed by atoms with E-state index in [0.29, 0.717) is 9.23 Å². The zero-order valence-electron chi connectivity index (χ0n) is 16.9. The maximum atomic E-state index is 13.3. The Morgan fingerprint density at radius 1 is 1.28 bits per heavy atom. The molecule has 0 saturated carbocycles. The molecule has 0 radical (unpaired) electrons. The van der Waals surface area contributed by atoms with Crippen molar-refractivity contribution in [3.63, 3.8) is 0 Å². The van der Waals surface area contributed by atoms with Gasteiger partial charge in [-0.15, -0.1) is 0 Å². The molecule has 3 aliphatic rings. The van der Waals surface area contributed by atoms with E-state index < -0.39 is 0 Å². The van der Waals surface area contributed by atoms with E-state index in [9.17, 15) is 4.79 Å². The summed E-state index contributed by atoms with van der Waals surface area (Å²) in [7, 11) is 0. The van der Waals surface area contributed by atoms with Gasteiger partial charge in [-0.3, -0.25) is 14.6 Å². The highest BCUT2D eigenvalue weighted by Crippen LogP contribution is 2.40. The molecule has 7 heteroatoms. The lowest BCUT2D eigenvalue weighted by Crippen LogP contribution is -2.49. The third kappa shape index (κ3) is 3.63. The summed E-state index contributed by atoms with van der Waals surface area (Å²) in [6.07, 6.45) is 7.06. The van der Waals surface area contributed by atoms with E-state index in [1.165, 1.54) is 11.8 Å². The standard InChI is InChI=1S/C22H25N3O2S2/c1-4-18(23-12-8-9-13-23)25-21(26)20(29-22(25)28)15(3)14-19-24(5-2)16-10-6-7-11-17(16)27-19/h6-11,14,18H,4-5,12-13H2,1-3H3. The predicted molar refractivity (Wildman–Crippen MR) is 123 cm³/mol. The fraction of sp³-hybridized carbons (Fsp3) is 0.364. The number of anilines is 1. The van der Waals surface area contributed by atoms with E-state index in [4.69, 9.17) is 17.0 Å². The number of carbonyl (C=O) groups is 1. The lowest BCUT2D eigenvalue weighted by Gasteiger charge is -2.33. The molecule has 0 spiro atoms. The van der Waals surface area contributed by atoms with Crippen LogP contribution in [0.3, 0.4) is 0 Å². The van der Waals surface area contributed by atoms with Crippen molar-refractivity contribution >= 4 is 39.9 Å². The van der Waals surface area contributed by atoms with Gasteiger partial charge in [0, 0.05) is 25.7 Å². The maximum absolute atomic E-state index is 13.3. The molecule has 0 aromatic heterocycles. The van der Waals surface area contributed by atoms with Gasteiger partial charge in [-0.1, -0.05) is 55.2 Å². The van der Waals surface area contributed by atoms with Crippen LogP contribution < -0.4 is 9.64 Å². The van der Waals surface area contributed by atoms with E-state index in [2.05, 4.69) is 35.8 Å². The molecule has 1 atom stereocenters. The minimum absolute atomic E-state index is 0.00502. The molecule has 152 valence electrons. The Morgan fingerprint density at radius 3 is 2.69 bits per heavy atom. The van der Waals surface area contributed by atoms with Crippen LogP contribution >= 0.6 is 24.0 Å². The molecule has 1 saturated heterocycles. The molecular formula is C22H25N3O2S2. The number of fused-ring (bicyclic) bond motifs is 1. The molecule has 1 fully saturated rings. The lowest BCUT2D eigenvalue weighted by molar-refractivity contribution is -0.126. The van der Waals surface area contributed by atoms with Crippen molar-refractivity contribution in [2.24, 2.45) is 0 Å². The Kier molecular flexibility index (Phi) is 5.81. The highest BCUT2D eigenvalue weighted by atomic mass is 32.2. The SMILES string of the molecule is CCC(N1CC=CC1)N1C(=O)C(=C(C)C=C2Oc3ccccc3N2CC)SC1=S. The van der Waals surface area contributed by atoms with Crippen LogP contribution in [0.15, 0.2) is 58.9 Å². The molecule has 0 aliphatic carbocycles. The maximum Gasteiger partial charge on any atom is 0.267 e. The van der Waals surface area contributed by atoms with E-state index in [1.54, 1.807) is 4.90 Å². The number of hydrogen-bond donors (Lipinski definition) is 0. The minimum Gasteiger partial charge on any atom is -0.439 e. The molecule has 1 amide bonds. The summed E-state index contributed by atoms with van der Waals surface area (Å²) in [4.78, 5) is 20.1. The van der Waals surface area contributed by atoms with Crippen molar-refractivity contribution in [1.29, 1.82) is 0 Å². The molecule has 3 aliphatic heterocycles. The summed E-state index contributed by atoms with van der Waals surface area (Å²) in [5.74, 6) is 1.58. The minimum atomic E-state index is -0.00772. The first kappa shape index (κ1) is 20.2. The zero-order valence-corrected chi connectivity index (χ0v) is 18.6. The summed E-state index contributed by atoms with van der Waals surface area (Å²) in [6.45, 7) is 8.64. The number of ether oxygens (including phenoxy) is 1. The number of amides is 1. The third-order valence-electron chi connectivity index (χ3n) is 5.38. The fourth-order valence-electron chi connectivity index (χ4n) is 3.96. The normalized spacial score (nSPS) is 23.2. The van der Waals surface area contributed by atoms with Crippen LogP contribution in [0.1, 0.15) is 27.2 Å². The molecule has 3 heterocycles. The van der Waals surface area contributed by atoms with Gasteiger partial charge in [0.1, 0.15) is 4.32 Å². The van der Waals surface area contributed by atoms with Gasteiger partial charge in [0.2, 0.25) is 5.88 Å². The van der Waals surface area contributed by atoms with E-state index in [1.807, 2.05) is 37.3 Å². The number of nitrogens with zero attached hydrogens (tertiary/aromatic N) is 3. The first-order valence-corrected chi connectivity index (χ1v) is 11.2. The van der Waals surface area contributed by atoms with Gasteiger partial charge >= 0.3 is 0 Å². The quantitative estimate of drug-likeness (QED) is 0.391. The smallest absolute Gasteiger partial charge is 0.267 e. The van der Waals surface area contributed by atoms with Crippen LogP contribution in [-0.4, -0.2) is 45.8 Å². The van der Waals surface area contributed by atoms with Gasteiger partial charge in [-0.2, -0.15) is 0 Å². The van der Waals surface area contributed by atoms with Gasteiger partial charge in [-0.05, 0) is 38.0 Å². The third-order valence-corrected chi connectivity index (χ3v) is 6.90. The van der Waals surface area contributed by atoms with Crippen molar-refractivity contribution < 1.29 is 9.53 Å². The Bertz CT molecular complexity index is 930. The monoisotopic (exact) mass is 427 g/mol. The van der Waals surface area contributed by atoms with Gasteiger partial charge in [0.15, 0.2) is 5.75 Å². The molecule has 1 aromatic carbocycles. The predicted octanol–water partition coefficient (Wildman–Crippen LogP) is 4.49. The summed E-state index contributed by atoms with van der Waals surface area (Å²) in [5, 5.41) is 0. The molecule has 5 nitrogen and oxygen atoms in total. The molecule has 29 heavy (non-hydrogen) atoms. The van der Waals surface area contributed by atoms with Crippen LogP contribution in [0, 0.1) is 0 Å². The van der Waals surface area contributed by atoms with Crippen molar-refractivity contribution in [3.05, 3.63) is 58.9 Å². The van der Waals surface area contributed by atoms with Crippen LogP contribution in [-0.2, 0) is 4.79 Å². The number of rotatable bonds is 5. The van der Waals surface area contributed by atoms with Gasteiger partial charge in [0.05, 0.1) is 16.8 Å². The van der Waals surface area contributed by atoms with Crippen molar-refractivity contribution in [2.45, 2.75) is 33.4 Å². The Morgan fingerprint density at radius 2 is 2.00 bits per heavy atom. The second-order valence-electron chi connectivity index (χ2n) is 7.17. The number of carbonyl (C=O) groups excluding carboxylic acids is 1. The van der Waals surface area contributed by atoms with E-state index >= 15 is 0 Å². The van der Waals surface area contributed by atoms with Crippen LogP contribution in [0.4, 0.5) is 5.69 Å². The summed E-state index contributed by atoms with van der Waals surface area (Å²) >= 11 is 6.99. The highest BCUT2D eigenvalue weighted by molar-refractivity contribution is 8.26. The van der Waals surface area contributed by atoms with Crippen LogP contribution in [0.2, 0.25) is 0 Å². The Labute approximate surface area is 181 Å². The fourth-order valence-corrected chi connectivity index (χ4v) is 5.30. The first-order chi connectivity index (χ1) is 14.0. The van der Waals surface area contributed by atoms with Gasteiger partial charge < -0.3 is 9.64 Å². The molecule has 4 rings (SSSR count). The molecule has 0 bridgehead atoms. The lowest BCUT2D eigenvalue weighted by atomic mass is 10.2. The molecule has 0 N–H and O–H groups in total. The molecule has 1 unspecified atom stereocenters. The van der Waals surface area contributed by atoms with Gasteiger partial charge in [0.25, 0.3) is 5.91 Å². The van der Waals surface area contributed by atoms with Crippen molar-refractivity contribution in [1.82, 2.24) is 9.80 Å². The van der Waals surface area contributed by atoms with Crippen LogP contribution in [0.5, 0.6) is 5.75 Å². The second kappa shape index (κ2) is 8.34. The van der Waals surface area contributed by atoms with E-state index in [-0.39, 0.29) is 12.1 Å². The average molecular weight is 428 g/mol. The Hall–Kier alpha value is -2.09. The zero-order chi connectivity index (χ0) is 20.5. The average Bonchev–Trinajstić information content (AvgIpc) is 3.42. The van der Waals surface area contributed by atoms with Crippen molar-refractivity contribution in [2.75, 3.05) is 24.5 Å². The number of thioether (sulfide) groups is 1. The van der Waals surface area contributed by atoms with Crippen LogP contribution in [0.25, 0.3) is 0 Å². The largest absolute Gasteiger partial charge is 0.439 e. The topological polar surface area (TPSA) is 36.0 Å². The van der Waals surface area contributed by atoms with Gasteiger partial charge in [-0.25, -0.2) is 0 Å². The highest BCUT2D eigenvalue weighted by Gasteiger charge is 2.40. The summed E-state index contributed by atoms with van der Waals surface area (Å²) < 4.78 is 6.68. The number of allylic oxidation sites excluding steroid dienone is 2. The number of benzene rings is 1. The van der Waals surface area contributed by atoms with Crippen molar-refractivity contribution in [3.8, 4) is 5.75 Å². The number of hydrogen-bond acceptors (Lipinski definition) is 6. The summed E-state index contributed by atoms with van der Waals surface area (Å²) in [5.41, 5.74) is 1.93. The first-order valence-electron chi connectivity index (χ1n) is 9.96. The van der Waals surface area contributed by atoms with E-state index in [0.717, 1.165) is 48.9 Å². The number of thiocarbonyl (C=S) groups is 1.